The number of nitrogens with zero attached hydrogens (tertiary/aromatic N) is 1. The monoisotopic (exact) mass is 511 g/mol. The first kappa shape index (κ1) is 25.7. The fourth-order valence-electron chi connectivity index (χ4n) is 4.51. The third-order valence-electron chi connectivity index (χ3n) is 6.39. The zero-order valence-electron chi connectivity index (χ0n) is 19.8. The zero-order chi connectivity index (χ0) is 24.6. The Morgan fingerprint density at radius 1 is 1.09 bits per heavy atom. The molecule has 1 saturated heterocycles. The normalized spacial score (nSPS) is 18.0. The average molecular weight is 512 g/mol. The van der Waals surface area contributed by atoms with Crippen molar-refractivity contribution in [2.24, 2.45) is 0 Å². The fourth-order valence-corrected chi connectivity index (χ4v) is 5.13. The van der Waals surface area contributed by atoms with Crippen LogP contribution in [0.1, 0.15) is 23.1 Å². The van der Waals surface area contributed by atoms with Gasteiger partial charge in [-0.1, -0.05) is 54.1 Å². The first-order chi connectivity index (χ1) is 17.0. The van der Waals surface area contributed by atoms with Crippen molar-refractivity contribution >= 4 is 29.3 Å². The van der Waals surface area contributed by atoms with Crippen molar-refractivity contribution in [1.82, 2.24) is 15.5 Å². The molecule has 1 heterocycles. The fraction of sp³-hybridized carbons (Fsp3) is 0.321. The van der Waals surface area contributed by atoms with Gasteiger partial charge < -0.3 is 10.6 Å². The molecule has 4 nitrogen and oxygen atoms in total. The van der Waals surface area contributed by atoms with Crippen LogP contribution in [0.5, 0.6) is 0 Å². The topological polar surface area (TPSA) is 44.4 Å². The number of nitrogens with one attached hydrogen (secondary N) is 2. The summed E-state index contributed by atoms with van der Waals surface area (Å²) in [6, 6.07) is 23.0. The van der Waals surface area contributed by atoms with Gasteiger partial charge in [-0.15, -0.1) is 11.8 Å². The molecule has 7 heteroatoms. The van der Waals surface area contributed by atoms with Crippen LogP contribution in [0, 0.1) is 5.82 Å². The number of hydrogen-bond acceptors (Lipinski definition) is 4. The highest BCUT2D eigenvalue weighted by Gasteiger charge is 2.36. The van der Waals surface area contributed by atoms with Gasteiger partial charge in [0.2, 0.25) is 5.91 Å². The standard InChI is InChI=1S/C28H31ClFN3OS/c1-35-25-11-9-20(10-12-25)17-32-24-16-27(33(19-24)18-21-5-4-7-23(29)15-21)28(34)31-14-13-22-6-2-3-8-26(22)30/h2-12,15,24,27,32H,13-14,16-19H2,1H3,(H,31,34)/t24-,27-/m0/s1. The largest absolute Gasteiger partial charge is 0.354 e. The molecule has 2 N–H and O–H groups in total. The average Bonchev–Trinajstić information content (AvgIpc) is 3.27. The molecule has 2 atom stereocenters. The number of rotatable bonds is 10. The lowest BCUT2D eigenvalue weighted by Crippen LogP contribution is -2.43. The van der Waals surface area contributed by atoms with Gasteiger partial charge in [-0.05, 0) is 66.1 Å². The molecule has 4 rings (SSSR count). The summed E-state index contributed by atoms with van der Waals surface area (Å²) in [6.45, 7) is 2.57. The van der Waals surface area contributed by atoms with Crippen LogP contribution in [0.3, 0.4) is 0 Å². The quantitative estimate of drug-likeness (QED) is 0.363. The smallest absolute Gasteiger partial charge is 0.237 e. The molecule has 0 bridgehead atoms. The van der Waals surface area contributed by atoms with E-state index in [4.69, 9.17) is 11.6 Å². The van der Waals surface area contributed by atoms with Gasteiger partial charge in [-0.25, -0.2) is 4.39 Å². The predicted molar refractivity (Wildman–Crippen MR) is 142 cm³/mol. The van der Waals surface area contributed by atoms with Gasteiger partial charge in [0, 0.05) is 42.1 Å². The second-order valence-electron chi connectivity index (χ2n) is 8.87. The van der Waals surface area contributed by atoms with E-state index in [1.54, 1.807) is 23.9 Å². The molecule has 3 aromatic carbocycles. The van der Waals surface area contributed by atoms with Crippen LogP contribution in [-0.4, -0.2) is 42.2 Å². The lowest BCUT2D eigenvalue weighted by atomic mass is 10.1. The molecule has 184 valence electrons. The van der Waals surface area contributed by atoms with E-state index in [9.17, 15) is 9.18 Å². The maximum atomic E-state index is 13.9. The molecule has 1 fully saturated rings. The molecule has 1 aliphatic rings. The lowest BCUT2D eigenvalue weighted by Gasteiger charge is -2.23. The maximum Gasteiger partial charge on any atom is 0.237 e. The van der Waals surface area contributed by atoms with E-state index in [-0.39, 0.29) is 23.8 Å². The summed E-state index contributed by atoms with van der Waals surface area (Å²) in [5, 5.41) is 7.35. The minimum Gasteiger partial charge on any atom is -0.354 e. The molecule has 1 amide bonds. The Labute approximate surface area is 216 Å². The number of likely N-dealkylation sites (tertiary alicyclic amines) is 1. The highest BCUT2D eigenvalue weighted by Crippen LogP contribution is 2.23. The third-order valence-corrected chi connectivity index (χ3v) is 7.36. The molecule has 0 radical (unpaired) electrons. The van der Waals surface area contributed by atoms with Crippen molar-refractivity contribution in [3.05, 3.63) is 100 Å². The van der Waals surface area contributed by atoms with Crippen molar-refractivity contribution in [1.29, 1.82) is 0 Å². The van der Waals surface area contributed by atoms with Crippen molar-refractivity contribution in [3.8, 4) is 0 Å². The SMILES string of the molecule is CSc1ccc(CN[C@H]2C[C@@H](C(=O)NCCc3ccccc3F)N(Cc3cccc(Cl)c3)C2)cc1. The van der Waals surface area contributed by atoms with Gasteiger partial charge in [0.1, 0.15) is 5.82 Å². The minimum atomic E-state index is -0.258. The van der Waals surface area contributed by atoms with Crippen LogP contribution in [0.25, 0.3) is 0 Å². The van der Waals surface area contributed by atoms with Crippen LogP contribution in [0.15, 0.2) is 77.7 Å². The zero-order valence-corrected chi connectivity index (χ0v) is 21.4. The van der Waals surface area contributed by atoms with Gasteiger partial charge in [0.15, 0.2) is 0 Å². The van der Waals surface area contributed by atoms with E-state index in [1.165, 1.54) is 16.5 Å². The van der Waals surface area contributed by atoms with Crippen molar-refractivity contribution < 1.29 is 9.18 Å². The van der Waals surface area contributed by atoms with Crippen molar-refractivity contribution in [2.45, 2.75) is 42.9 Å². The van der Waals surface area contributed by atoms with Crippen LogP contribution in [0.4, 0.5) is 4.39 Å². The number of carbonyl (C=O) groups excluding carboxylic acids is 1. The van der Waals surface area contributed by atoms with E-state index in [2.05, 4.69) is 46.1 Å². The molecule has 0 aromatic heterocycles. The predicted octanol–water partition coefficient (Wildman–Crippen LogP) is 5.29. The Bertz CT molecular complexity index is 1130. The first-order valence-corrected chi connectivity index (χ1v) is 13.5. The van der Waals surface area contributed by atoms with Crippen LogP contribution < -0.4 is 10.6 Å². The van der Waals surface area contributed by atoms with E-state index >= 15 is 0 Å². The van der Waals surface area contributed by atoms with Gasteiger partial charge in [0.25, 0.3) is 0 Å². The molecule has 0 unspecified atom stereocenters. The Balaban J connectivity index is 1.38. The highest BCUT2D eigenvalue weighted by molar-refractivity contribution is 7.98. The molecule has 0 saturated carbocycles. The molecule has 1 aliphatic heterocycles. The summed E-state index contributed by atoms with van der Waals surface area (Å²) in [5.74, 6) is -0.253. The molecular weight excluding hydrogens is 481 g/mol. The molecule has 35 heavy (non-hydrogen) atoms. The van der Waals surface area contributed by atoms with Crippen LogP contribution >= 0.6 is 23.4 Å². The molecular formula is C28H31ClFN3OS. The number of thioether (sulfide) groups is 1. The van der Waals surface area contributed by atoms with Gasteiger partial charge in [-0.2, -0.15) is 0 Å². The second-order valence-corrected chi connectivity index (χ2v) is 10.2. The van der Waals surface area contributed by atoms with Crippen molar-refractivity contribution in [3.63, 3.8) is 0 Å². The summed E-state index contributed by atoms with van der Waals surface area (Å²) in [7, 11) is 0. The highest BCUT2D eigenvalue weighted by atomic mass is 35.5. The molecule has 3 aromatic rings. The number of hydrogen-bond donors (Lipinski definition) is 2. The van der Waals surface area contributed by atoms with E-state index < -0.39 is 0 Å². The third kappa shape index (κ3) is 7.31. The van der Waals surface area contributed by atoms with Gasteiger partial charge >= 0.3 is 0 Å². The maximum absolute atomic E-state index is 13.9. The minimum absolute atomic E-state index is 0.0167. The van der Waals surface area contributed by atoms with Crippen molar-refractivity contribution in [2.75, 3.05) is 19.3 Å². The van der Waals surface area contributed by atoms with Crippen LogP contribution in [-0.2, 0) is 24.3 Å². The summed E-state index contributed by atoms with van der Waals surface area (Å²) < 4.78 is 13.9. The van der Waals surface area contributed by atoms with Crippen LogP contribution in [0.2, 0.25) is 5.02 Å². The summed E-state index contributed by atoms with van der Waals surface area (Å²) in [6.07, 6.45) is 3.25. The Hall–Kier alpha value is -2.38. The number of amides is 1. The Kier molecular flexibility index (Phi) is 9.21. The summed E-state index contributed by atoms with van der Waals surface area (Å²) in [4.78, 5) is 16.6. The van der Waals surface area contributed by atoms with Gasteiger partial charge in [-0.3, -0.25) is 9.69 Å². The number of benzene rings is 3. The van der Waals surface area contributed by atoms with E-state index in [0.29, 0.717) is 30.1 Å². The number of carbonyl (C=O) groups is 1. The summed E-state index contributed by atoms with van der Waals surface area (Å²) in [5.41, 5.74) is 2.92. The Morgan fingerprint density at radius 3 is 2.63 bits per heavy atom. The van der Waals surface area contributed by atoms with E-state index in [0.717, 1.165) is 25.1 Å². The molecule has 0 aliphatic carbocycles. The lowest BCUT2D eigenvalue weighted by molar-refractivity contribution is -0.125. The first-order valence-electron chi connectivity index (χ1n) is 11.9. The molecule has 0 spiro atoms. The second kappa shape index (κ2) is 12.5. The number of halogens is 2. The Morgan fingerprint density at radius 2 is 1.89 bits per heavy atom. The summed E-state index contributed by atoms with van der Waals surface area (Å²) >= 11 is 7.92. The van der Waals surface area contributed by atoms with E-state index in [1.807, 2.05) is 30.3 Å². The van der Waals surface area contributed by atoms with Gasteiger partial charge in [0.05, 0.1) is 6.04 Å².